The molecule has 1 amide bonds. The fourth-order valence-electron chi connectivity index (χ4n) is 1.14. The molecule has 0 heterocycles. The van der Waals surface area contributed by atoms with Crippen molar-refractivity contribution in [1.82, 2.24) is 0 Å². The lowest BCUT2D eigenvalue weighted by molar-refractivity contribution is 0.100. The first-order chi connectivity index (χ1) is 6.29. The number of aryl methyl sites for hydroxylation is 1. The van der Waals surface area contributed by atoms with E-state index >= 15 is 0 Å². The van der Waals surface area contributed by atoms with Crippen LogP contribution >= 0.6 is 0 Å². The quantitative estimate of drug-likeness (QED) is 0.507. The Bertz CT molecular complexity index is 365. The molecule has 66 valence electrons. The standard InChI is InChI=1S/C10H9NO2/c1-2-8-5-3-4-6-9(8)10(13)11-7-12/h3-6H,2H2,1H3. The van der Waals surface area contributed by atoms with Crippen molar-refractivity contribution in [3.05, 3.63) is 35.4 Å². The third-order valence-corrected chi connectivity index (χ3v) is 1.78. The van der Waals surface area contributed by atoms with Gasteiger partial charge in [-0.15, -0.1) is 4.99 Å². The van der Waals surface area contributed by atoms with Crippen molar-refractivity contribution in [1.29, 1.82) is 0 Å². The second kappa shape index (κ2) is 4.33. The maximum Gasteiger partial charge on any atom is 0.288 e. The number of isocyanates is 1. The summed E-state index contributed by atoms with van der Waals surface area (Å²) in [6.45, 7) is 1.94. The summed E-state index contributed by atoms with van der Waals surface area (Å²) in [5, 5.41) is 0. The Morgan fingerprint density at radius 3 is 2.77 bits per heavy atom. The summed E-state index contributed by atoms with van der Waals surface area (Å²) in [4.78, 5) is 24.1. The molecule has 1 aromatic carbocycles. The summed E-state index contributed by atoms with van der Waals surface area (Å²) in [5.74, 6) is -0.521. The molecular formula is C10H9NO2. The molecule has 0 aliphatic rings. The Morgan fingerprint density at radius 2 is 2.15 bits per heavy atom. The van der Waals surface area contributed by atoms with E-state index in [0.29, 0.717) is 5.56 Å². The number of hydrogen-bond acceptors (Lipinski definition) is 2. The predicted octanol–water partition coefficient (Wildman–Crippen LogP) is 1.73. The van der Waals surface area contributed by atoms with Gasteiger partial charge in [-0.3, -0.25) is 4.79 Å². The molecule has 0 saturated heterocycles. The van der Waals surface area contributed by atoms with Crippen LogP contribution in [-0.2, 0) is 11.2 Å². The van der Waals surface area contributed by atoms with Crippen LogP contribution in [0.25, 0.3) is 0 Å². The lowest BCUT2D eigenvalue weighted by Gasteiger charge is -2.00. The Labute approximate surface area is 76.1 Å². The summed E-state index contributed by atoms with van der Waals surface area (Å²) in [6.07, 6.45) is 1.99. The van der Waals surface area contributed by atoms with Gasteiger partial charge in [0.05, 0.1) is 0 Å². The van der Waals surface area contributed by atoms with Crippen molar-refractivity contribution >= 4 is 12.0 Å². The minimum atomic E-state index is -0.521. The summed E-state index contributed by atoms with van der Waals surface area (Å²) in [7, 11) is 0. The van der Waals surface area contributed by atoms with Crippen molar-refractivity contribution in [2.24, 2.45) is 4.99 Å². The van der Waals surface area contributed by atoms with Crippen LogP contribution < -0.4 is 0 Å². The summed E-state index contributed by atoms with van der Waals surface area (Å²) < 4.78 is 0. The number of aliphatic imine (C=N–C) groups is 1. The van der Waals surface area contributed by atoms with Crippen molar-refractivity contribution in [3.63, 3.8) is 0 Å². The molecule has 1 rings (SSSR count). The van der Waals surface area contributed by atoms with Gasteiger partial charge in [0.1, 0.15) is 0 Å². The van der Waals surface area contributed by atoms with Crippen molar-refractivity contribution in [2.45, 2.75) is 13.3 Å². The SMILES string of the molecule is CCc1ccccc1C(=O)N=C=O. The highest BCUT2D eigenvalue weighted by Crippen LogP contribution is 2.10. The molecule has 0 bridgehead atoms. The molecule has 0 aromatic heterocycles. The molecular weight excluding hydrogens is 166 g/mol. The van der Waals surface area contributed by atoms with Gasteiger partial charge in [0, 0.05) is 5.56 Å². The van der Waals surface area contributed by atoms with E-state index in [0.717, 1.165) is 12.0 Å². The first-order valence-corrected chi connectivity index (χ1v) is 3.99. The van der Waals surface area contributed by atoms with Crippen molar-refractivity contribution < 1.29 is 9.59 Å². The second-order valence-corrected chi connectivity index (χ2v) is 2.52. The fourth-order valence-corrected chi connectivity index (χ4v) is 1.14. The lowest BCUT2D eigenvalue weighted by atomic mass is 10.1. The molecule has 1 aromatic rings. The third kappa shape index (κ3) is 2.10. The predicted molar refractivity (Wildman–Crippen MR) is 48.3 cm³/mol. The first kappa shape index (κ1) is 9.36. The van der Waals surface area contributed by atoms with E-state index in [9.17, 15) is 9.59 Å². The number of carbonyl (C=O) groups is 1. The van der Waals surface area contributed by atoms with E-state index in [1.54, 1.807) is 12.1 Å². The van der Waals surface area contributed by atoms with Gasteiger partial charge >= 0.3 is 0 Å². The van der Waals surface area contributed by atoms with Crippen LogP contribution in [0.4, 0.5) is 0 Å². The molecule has 3 heteroatoms. The smallest absolute Gasteiger partial charge is 0.266 e. The molecule has 0 saturated carbocycles. The van der Waals surface area contributed by atoms with Gasteiger partial charge in [0.2, 0.25) is 6.08 Å². The molecule has 0 spiro atoms. The van der Waals surface area contributed by atoms with Crippen molar-refractivity contribution in [3.8, 4) is 0 Å². The topological polar surface area (TPSA) is 46.5 Å². The van der Waals surface area contributed by atoms with Crippen LogP contribution in [0.1, 0.15) is 22.8 Å². The van der Waals surface area contributed by atoms with Gasteiger partial charge in [-0.25, -0.2) is 4.79 Å². The molecule has 0 aliphatic heterocycles. The van der Waals surface area contributed by atoms with E-state index < -0.39 is 5.91 Å². The second-order valence-electron chi connectivity index (χ2n) is 2.52. The van der Waals surface area contributed by atoms with E-state index in [1.165, 1.54) is 6.08 Å². The van der Waals surface area contributed by atoms with Crippen LogP contribution in [0.2, 0.25) is 0 Å². The average molecular weight is 175 g/mol. The third-order valence-electron chi connectivity index (χ3n) is 1.78. The maximum atomic E-state index is 11.2. The number of nitrogens with zero attached hydrogens (tertiary/aromatic N) is 1. The summed E-state index contributed by atoms with van der Waals surface area (Å²) in [5.41, 5.74) is 1.37. The van der Waals surface area contributed by atoms with Crippen LogP contribution in [0.5, 0.6) is 0 Å². The zero-order chi connectivity index (χ0) is 9.68. The summed E-state index contributed by atoms with van der Waals surface area (Å²) in [6, 6.07) is 7.09. The highest BCUT2D eigenvalue weighted by molar-refractivity contribution is 5.98. The molecule has 0 N–H and O–H groups in total. The zero-order valence-electron chi connectivity index (χ0n) is 7.28. The normalized spacial score (nSPS) is 9.00. The Hall–Kier alpha value is -1.73. The van der Waals surface area contributed by atoms with Gasteiger partial charge in [0.25, 0.3) is 5.91 Å². The maximum absolute atomic E-state index is 11.2. The van der Waals surface area contributed by atoms with E-state index in [4.69, 9.17) is 0 Å². The first-order valence-electron chi connectivity index (χ1n) is 3.99. The Balaban J connectivity index is 3.12. The number of hydrogen-bond donors (Lipinski definition) is 0. The largest absolute Gasteiger partial charge is 0.288 e. The number of benzene rings is 1. The minimum Gasteiger partial charge on any atom is -0.266 e. The molecule has 13 heavy (non-hydrogen) atoms. The molecule has 0 fully saturated rings. The molecule has 0 atom stereocenters. The van der Waals surface area contributed by atoms with Crippen LogP contribution in [0.15, 0.2) is 29.3 Å². The average Bonchev–Trinajstić information content (AvgIpc) is 2.18. The lowest BCUT2D eigenvalue weighted by Crippen LogP contribution is -1.99. The molecule has 0 aliphatic carbocycles. The minimum absolute atomic E-state index is 0.480. The van der Waals surface area contributed by atoms with Crippen LogP contribution in [0, 0.1) is 0 Å². The van der Waals surface area contributed by atoms with Crippen LogP contribution in [-0.4, -0.2) is 12.0 Å². The molecule has 3 nitrogen and oxygen atoms in total. The number of carbonyl (C=O) groups excluding carboxylic acids is 2. The zero-order valence-corrected chi connectivity index (χ0v) is 7.28. The van der Waals surface area contributed by atoms with Crippen molar-refractivity contribution in [2.75, 3.05) is 0 Å². The summed E-state index contributed by atoms with van der Waals surface area (Å²) >= 11 is 0. The van der Waals surface area contributed by atoms with Gasteiger partial charge in [-0.2, -0.15) is 0 Å². The molecule has 0 radical (unpaired) electrons. The van der Waals surface area contributed by atoms with Gasteiger partial charge < -0.3 is 0 Å². The highest BCUT2D eigenvalue weighted by atomic mass is 16.2. The monoisotopic (exact) mass is 175 g/mol. The number of rotatable bonds is 2. The highest BCUT2D eigenvalue weighted by Gasteiger charge is 2.07. The van der Waals surface area contributed by atoms with E-state index in [-0.39, 0.29) is 0 Å². The molecule has 0 unspecified atom stereocenters. The number of amides is 1. The Kier molecular flexibility index (Phi) is 3.12. The van der Waals surface area contributed by atoms with Crippen LogP contribution in [0.3, 0.4) is 0 Å². The van der Waals surface area contributed by atoms with Gasteiger partial charge in [-0.1, -0.05) is 25.1 Å². The van der Waals surface area contributed by atoms with Gasteiger partial charge in [-0.05, 0) is 18.1 Å². The van der Waals surface area contributed by atoms with Gasteiger partial charge in [0.15, 0.2) is 0 Å². The fraction of sp³-hybridized carbons (Fsp3) is 0.200. The van der Waals surface area contributed by atoms with E-state index in [2.05, 4.69) is 4.99 Å². The Morgan fingerprint density at radius 1 is 1.46 bits per heavy atom. The van der Waals surface area contributed by atoms with E-state index in [1.807, 2.05) is 19.1 Å².